The minimum atomic E-state index is -4.63. The van der Waals surface area contributed by atoms with Gasteiger partial charge in [-0.05, 0) is 147 Å². The minimum Gasteiger partial charge on any atom is -0.311 e. The Morgan fingerprint density at radius 3 is 1.42 bits per heavy atom. The number of fused-ring (bicyclic) bond motifs is 7. The molecule has 3 nitrogen and oxygen atoms in total. The molecule has 0 unspecified atom stereocenters. The molecule has 72 heavy (non-hydrogen) atoms. The van der Waals surface area contributed by atoms with Crippen molar-refractivity contribution < 1.29 is 26.3 Å². The highest BCUT2D eigenvalue weighted by molar-refractivity contribution is 7.00. The van der Waals surface area contributed by atoms with Gasteiger partial charge in [0.05, 0.1) is 27.8 Å². The molecule has 2 aliphatic heterocycles. The Labute approximate surface area is 411 Å². The quantitative estimate of drug-likeness (QED) is 0.122. The van der Waals surface area contributed by atoms with E-state index in [2.05, 4.69) is 137 Å². The van der Waals surface area contributed by atoms with E-state index in [1.807, 2.05) is 41.0 Å². The zero-order chi connectivity index (χ0) is 48.9. The number of nitrogens with zero attached hydrogens (tertiary/aromatic N) is 3. The van der Waals surface area contributed by atoms with E-state index in [-0.39, 0.29) is 17.8 Å². The van der Waals surface area contributed by atoms with Gasteiger partial charge in [0.15, 0.2) is 0 Å². The third-order valence-corrected chi connectivity index (χ3v) is 14.2. The molecule has 0 saturated carbocycles. The van der Waals surface area contributed by atoms with E-state index in [9.17, 15) is 26.3 Å². The molecule has 2 aliphatic rings. The van der Waals surface area contributed by atoms with Crippen LogP contribution in [0, 0.1) is 0 Å². The lowest BCUT2D eigenvalue weighted by molar-refractivity contribution is -0.138. The monoisotopic (exact) mass is 949 g/mol. The molecule has 11 aromatic rings. The van der Waals surface area contributed by atoms with Gasteiger partial charge in [-0.15, -0.1) is 0 Å². The van der Waals surface area contributed by atoms with Crippen LogP contribution in [-0.4, -0.2) is 11.3 Å². The first kappa shape index (κ1) is 43.3. The summed E-state index contributed by atoms with van der Waals surface area (Å²) in [6, 6.07) is 72.3. The summed E-state index contributed by atoms with van der Waals surface area (Å²) in [7, 11) is 0. The molecule has 1 aromatic heterocycles. The Kier molecular flexibility index (Phi) is 9.87. The maximum absolute atomic E-state index is 14.3. The largest absolute Gasteiger partial charge is 0.416 e. The van der Waals surface area contributed by atoms with E-state index in [1.54, 1.807) is 30.3 Å². The standard InChI is InChI=1S/C62H38BF6N3/c64-61(65,66)44-17-13-15-39(33-44)40-29-31-54(49(35-40)42-16-14-18-45(34-42)62(67,68)69)72-53-26-10-7-23-48(53)50-36-41(30-32-55(50)72)43-37-58-60-59(38-43)71(47-21-5-2-6-22-47)57-28-12-9-25-52(57)63(60)51-24-8-11-27-56(51)70(58)46-19-3-1-4-20-46/h1-38H. The first-order chi connectivity index (χ1) is 35.0. The van der Waals surface area contributed by atoms with Crippen LogP contribution in [0.5, 0.6) is 0 Å². The first-order valence-electron chi connectivity index (χ1n) is 23.6. The number of halogens is 6. The molecule has 0 aliphatic carbocycles. The van der Waals surface area contributed by atoms with Crippen LogP contribution in [0.15, 0.2) is 231 Å². The predicted molar refractivity (Wildman–Crippen MR) is 281 cm³/mol. The van der Waals surface area contributed by atoms with Crippen LogP contribution < -0.4 is 26.2 Å². The van der Waals surface area contributed by atoms with E-state index >= 15 is 0 Å². The van der Waals surface area contributed by atoms with Crippen LogP contribution in [0.25, 0.3) is 60.9 Å². The normalized spacial score (nSPS) is 13.1. The second-order valence-corrected chi connectivity index (χ2v) is 18.3. The summed E-state index contributed by atoms with van der Waals surface area (Å²) in [5.41, 5.74) is 13.9. The van der Waals surface area contributed by atoms with Gasteiger partial charge >= 0.3 is 12.4 Å². The number of anilines is 6. The Hall–Kier alpha value is -8.76. The molecule has 3 heterocycles. The Morgan fingerprint density at radius 2 is 0.806 bits per heavy atom. The first-order valence-corrected chi connectivity index (χ1v) is 23.6. The van der Waals surface area contributed by atoms with Gasteiger partial charge in [-0.25, -0.2) is 0 Å². The van der Waals surface area contributed by atoms with E-state index in [4.69, 9.17) is 0 Å². The summed E-state index contributed by atoms with van der Waals surface area (Å²) in [4.78, 5) is 4.74. The zero-order valence-corrected chi connectivity index (χ0v) is 38.1. The number of hydrogen-bond acceptors (Lipinski definition) is 2. The van der Waals surface area contributed by atoms with Crippen LogP contribution in [0.2, 0.25) is 0 Å². The lowest BCUT2D eigenvalue weighted by Gasteiger charge is -2.44. The van der Waals surface area contributed by atoms with Crippen LogP contribution in [-0.2, 0) is 12.4 Å². The Balaban J connectivity index is 1.05. The van der Waals surface area contributed by atoms with E-state index < -0.39 is 23.5 Å². The molecule has 346 valence electrons. The number of hydrogen-bond donors (Lipinski definition) is 0. The molecule has 0 bridgehead atoms. The molecular formula is C62H38BF6N3. The smallest absolute Gasteiger partial charge is 0.311 e. The topological polar surface area (TPSA) is 11.4 Å². The Bertz CT molecular complexity index is 3830. The third kappa shape index (κ3) is 7.00. The van der Waals surface area contributed by atoms with Crippen molar-refractivity contribution in [2.24, 2.45) is 0 Å². The predicted octanol–water partition coefficient (Wildman–Crippen LogP) is 15.9. The maximum Gasteiger partial charge on any atom is 0.416 e. The lowest BCUT2D eigenvalue weighted by Crippen LogP contribution is -2.61. The molecule has 0 fully saturated rings. The van der Waals surface area contributed by atoms with Gasteiger partial charge in [-0.1, -0.05) is 127 Å². The van der Waals surface area contributed by atoms with Crippen molar-refractivity contribution in [1.29, 1.82) is 0 Å². The number of benzene rings is 10. The molecule has 0 atom stereocenters. The summed E-state index contributed by atoms with van der Waals surface area (Å²) in [6.45, 7) is -0.0529. The molecule has 0 spiro atoms. The average Bonchev–Trinajstić information content (AvgIpc) is 3.74. The van der Waals surface area contributed by atoms with Gasteiger partial charge in [0, 0.05) is 50.5 Å². The van der Waals surface area contributed by atoms with Gasteiger partial charge in [0.25, 0.3) is 6.71 Å². The second kappa shape index (κ2) is 16.4. The molecule has 0 saturated heterocycles. The fraction of sp³-hybridized carbons (Fsp3) is 0.0323. The minimum absolute atomic E-state index is 0.0529. The highest BCUT2D eigenvalue weighted by Crippen LogP contribution is 2.47. The summed E-state index contributed by atoms with van der Waals surface area (Å²) >= 11 is 0. The zero-order valence-electron chi connectivity index (χ0n) is 38.1. The van der Waals surface area contributed by atoms with Crippen molar-refractivity contribution >= 4 is 79.0 Å². The van der Waals surface area contributed by atoms with Crippen LogP contribution >= 0.6 is 0 Å². The van der Waals surface area contributed by atoms with Gasteiger partial charge in [0.2, 0.25) is 0 Å². The van der Waals surface area contributed by atoms with Gasteiger partial charge in [-0.2, -0.15) is 26.3 Å². The van der Waals surface area contributed by atoms with Gasteiger partial charge in [0.1, 0.15) is 0 Å². The van der Waals surface area contributed by atoms with E-state index in [0.717, 1.165) is 91.3 Å². The molecule has 0 radical (unpaired) electrons. The Morgan fingerprint density at radius 1 is 0.319 bits per heavy atom. The van der Waals surface area contributed by atoms with Gasteiger partial charge in [-0.3, -0.25) is 0 Å². The fourth-order valence-corrected chi connectivity index (χ4v) is 11.1. The van der Waals surface area contributed by atoms with Crippen LogP contribution in [0.3, 0.4) is 0 Å². The fourth-order valence-electron chi connectivity index (χ4n) is 11.1. The molecule has 13 rings (SSSR count). The number of alkyl halides is 6. The van der Waals surface area contributed by atoms with Crippen molar-refractivity contribution in [3.05, 3.63) is 242 Å². The van der Waals surface area contributed by atoms with Crippen LogP contribution in [0.1, 0.15) is 11.1 Å². The van der Waals surface area contributed by atoms with Crippen molar-refractivity contribution in [1.82, 2.24) is 4.57 Å². The number of para-hydroxylation sites is 5. The lowest BCUT2D eigenvalue weighted by atomic mass is 9.33. The van der Waals surface area contributed by atoms with Crippen molar-refractivity contribution in [3.63, 3.8) is 0 Å². The van der Waals surface area contributed by atoms with E-state index in [0.29, 0.717) is 16.8 Å². The molecule has 10 aromatic carbocycles. The second-order valence-electron chi connectivity index (χ2n) is 18.3. The summed E-state index contributed by atoms with van der Waals surface area (Å²) < 4.78 is 87.0. The van der Waals surface area contributed by atoms with Crippen molar-refractivity contribution in [3.8, 4) is 39.1 Å². The molecule has 0 N–H and O–H groups in total. The van der Waals surface area contributed by atoms with Crippen molar-refractivity contribution in [2.45, 2.75) is 12.4 Å². The molecule has 0 amide bonds. The SMILES string of the molecule is FC(F)(F)c1cccc(-c2ccc(-n3c4ccccc4c4cc(-c5cc6c7c(c5)N(c5ccccc5)c5ccccc5B7c5ccccc5N6c5ccccc5)ccc43)c(-c3cccc(C(F)(F)F)c3)c2)c1. The average molecular weight is 950 g/mol. The highest BCUT2D eigenvalue weighted by Gasteiger charge is 2.43. The third-order valence-electron chi connectivity index (χ3n) is 14.2. The van der Waals surface area contributed by atoms with Crippen LogP contribution in [0.4, 0.5) is 60.5 Å². The summed E-state index contributed by atoms with van der Waals surface area (Å²) in [6.07, 6.45) is -9.21. The highest BCUT2D eigenvalue weighted by atomic mass is 19.4. The number of rotatable bonds is 6. The van der Waals surface area contributed by atoms with Crippen molar-refractivity contribution in [2.75, 3.05) is 9.80 Å². The summed E-state index contributed by atoms with van der Waals surface area (Å²) in [5, 5.41) is 1.84. The maximum atomic E-state index is 14.3. The van der Waals surface area contributed by atoms with E-state index in [1.165, 1.54) is 28.5 Å². The molecular weight excluding hydrogens is 912 g/mol. The molecule has 10 heteroatoms. The summed E-state index contributed by atoms with van der Waals surface area (Å²) in [5.74, 6) is 0. The van der Waals surface area contributed by atoms with Gasteiger partial charge < -0.3 is 14.4 Å². The number of aromatic nitrogens is 1.